The summed E-state index contributed by atoms with van der Waals surface area (Å²) >= 11 is 11.2. The zero-order valence-corrected chi connectivity index (χ0v) is 9.41. The SMILES string of the molecule is O=C(NCCCCl)c1ccc(F)cc1Cl. The summed E-state index contributed by atoms with van der Waals surface area (Å²) in [5, 5.41) is 2.74. The van der Waals surface area contributed by atoms with E-state index in [1.54, 1.807) is 0 Å². The highest BCUT2D eigenvalue weighted by Gasteiger charge is 2.09. The molecule has 0 saturated heterocycles. The van der Waals surface area contributed by atoms with Crippen LogP contribution in [0.5, 0.6) is 0 Å². The van der Waals surface area contributed by atoms with Crippen molar-refractivity contribution >= 4 is 29.1 Å². The molecule has 0 aliphatic rings. The van der Waals surface area contributed by atoms with Gasteiger partial charge in [-0.25, -0.2) is 4.39 Å². The van der Waals surface area contributed by atoms with Crippen LogP contribution in [0.2, 0.25) is 5.02 Å². The second-order valence-electron chi connectivity index (χ2n) is 2.92. The van der Waals surface area contributed by atoms with Gasteiger partial charge in [-0.15, -0.1) is 11.6 Å². The molecule has 0 radical (unpaired) electrons. The summed E-state index contributed by atoms with van der Waals surface area (Å²) in [5.41, 5.74) is 0.271. The first-order chi connectivity index (χ1) is 7.15. The number of hydrogen-bond donors (Lipinski definition) is 1. The molecule has 0 unspecified atom stereocenters. The number of benzene rings is 1. The van der Waals surface area contributed by atoms with Crippen LogP contribution in [-0.4, -0.2) is 18.3 Å². The molecule has 2 nitrogen and oxygen atoms in total. The van der Waals surface area contributed by atoms with Gasteiger partial charge < -0.3 is 5.32 Å². The molecule has 0 aliphatic heterocycles. The molecule has 82 valence electrons. The van der Waals surface area contributed by atoms with E-state index in [1.165, 1.54) is 12.1 Å². The maximum atomic E-state index is 12.7. The molecule has 0 aromatic heterocycles. The van der Waals surface area contributed by atoms with Crippen LogP contribution in [0, 0.1) is 5.82 Å². The standard InChI is InChI=1S/C10H10Cl2FNO/c11-4-1-5-14-10(15)8-3-2-7(13)6-9(8)12/h2-3,6H,1,4-5H2,(H,14,15). The van der Waals surface area contributed by atoms with Crippen molar-refractivity contribution in [3.63, 3.8) is 0 Å². The Hall–Kier alpha value is -0.800. The van der Waals surface area contributed by atoms with Crippen LogP contribution in [0.4, 0.5) is 4.39 Å². The van der Waals surface area contributed by atoms with Crippen molar-refractivity contribution in [3.05, 3.63) is 34.6 Å². The van der Waals surface area contributed by atoms with E-state index in [1.807, 2.05) is 0 Å². The average molecular weight is 250 g/mol. The molecule has 1 amide bonds. The quantitative estimate of drug-likeness (QED) is 0.646. The maximum Gasteiger partial charge on any atom is 0.252 e. The monoisotopic (exact) mass is 249 g/mol. The largest absolute Gasteiger partial charge is 0.352 e. The van der Waals surface area contributed by atoms with Crippen LogP contribution >= 0.6 is 23.2 Å². The fourth-order valence-electron chi connectivity index (χ4n) is 1.04. The van der Waals surface area contributed by atoms with E-state index in [0.717, 1.165) is 6.07 Å². The van der Waals surface area contributed by atoms with Crippen molar-refractivity contribution in [1.82, 2.24) is 5.32 Å². The molecule has 0 fully saturated rings. The van der Waals surface area contributed by atoms with Gasteiger partial charge in [-0.2, -0.15) is 0 Å². The Kier molecular flexibility index (Phi) is 4.85. The molecule has 0 bridgehead atoms. The van der Waals surface area contributed by atoms with Gasteiger partial charge in [0.25, 0.3) is 5.91 Å². The molecule has 1 rings (SSSR count). The fourth-order valence-corrected chi connectivity index (χ4v) is 1.42. The molecule has 1 N–H and O–H groups in total. The lowest BCUT2D eigenvalue weighted by Gasteiger charge is -2.05. The number of alkyl halides is 1. The van der Waals surface area contributed by atoms with Crippen molar-refractivity contribution in [2.75, 3.05) is 12.4 Å². The maximum absolute atomic E-state index is 12.7. The van der Waals surface area contributed by atoms with E-state index in [0.29, 0.717) is 18.8 Å². The zero-order chi connectivity index (χ0) is 11.3. The third kappa shape index (κ3) is 3.68. The normalized spacial score (nSPS) is 10.1. The van der Waals surface area contributed by atoms with Crippen LogP contribution in [0.3, 0.4) is 0 Å². The first kappa shape index (κ1) is 12.3. The number of halogens is 3. The Labute approximate surface area is 97.4 Å². The van der Waals surface area contributed by atoms with Gasteiger partial charge in [-0.3, -0.25) is 4.79 Å². The van der Waals surface area contributed by atoms with Gasteiger partial charge >= 0.3 is 0 Å². The molecule has 0 aliphatic carbocycles. The van der Waals surface area contributed by atoms with Gasteiger partial charge in [0.2, 0.25) is 0 Å². The van der Waals surface area contributed by atoms with Gasteiger partial charge in [-0.05, 0) is 24.6 Å². The van der Waals surface area contributed by atoms with Crippen molar-refractivity contribution in [2.45, 2.75) is 6.42 Å². The molecule has 0 atom stereocenters. The van der Waals surface area contributed by atoms with E-state index in [2.05, 4.69) is 5.32 Å². The number of carbonyl (C=O) groups excluding carboxylic acids is 1. The van der Waals surface area contributed by atoms with Crippen LogP contribution in [-0.2, 0) is 0 Å². The molecule has 0 heterocycles. The van der Waals surface area contributed by atoms with Gasteiger partial charge in [0.05, 0.1) is 10.6 Å². The summed E-state index contributed by atoms with van der Waals surface area (Å²) in [6.07, 6.45) is 0.687. The molecular formula is C10H10Cl2FNO. The Bertz CT molecular complexity index is 357. The third-order valence-corrected chi connectivity index (χ3v) is 2.35. The molecule has 5 heteroatoms. The summed E-state index contributed by atoms with van der Waals surface area (Å²) in [4.78, 5) is 11.5. The molecule has 15 heavy (non-hydrogen) atoms. The number of nitrogens with one attached hydrogen (secondary N) is 1. The van der Waals surface area contributed by atoms with Crippen molar-refractivity contribution in [2.24, 2.45) is 0 Å². The van der Waals surface area contributed by atoms with E-state index >= 15 is 0 Å². The van der Waals surface area contributed by atoms with Crippen molar-refractivity contribution < 1.29 is 9.18 Å². The Balaban J connectivity index is 2.65. The molecule has 0 spiro atoms. The predicted octanol–water partition coefficient (Wildman–Crippen LogP) is 2.84. The summed E-state index contributed by atoms with van der Waals surface area (Å²) in [6.45, 7) is 0.482. The lowest BCUT2D eigenvalue weighted by molar-refractivity contribution is 0.0954. The highest BCUT2D eigenvalue weighted by Crippen LogP contribution is 2.16. The van der Waals surface area contributed by atoms with Gasteiger partial charge in [0.1, 0.15) is 5.82 Å². The third-order valence-electron chi connectivity index (χ3n) is 1.77. The number of hydrogen-bond acceptors (Lipinski definition) is 1. The predicted molar refractivity (Wildman–Crippen MR) is 59.1 cm³/mol. The van der Waals surface area contributed by atoms with E-state index in [-0.39, 0.29) is 16.5 Å². The lowest BCUT2D eigenvalue weighted by Crippen LogP contribution is -2.24. The summed E-state index contributed by atoms with van der Waals surface area (Å²) in [7, 11) is 0. The molecule has 0 saturated carbocycles. The minimum atomic E-state index is -0.461. The molecule has 1 aromatic rings. The Morgan fingerprint density at radius 3 is 2.80 bits per heavy atom. The number of carbonyl (C=O) groups is 1. The Morgan fingerprint density at radius 2 is 2.20 bits per heavy atom. The summed E-state index contributed by atoms with van der Waals surface area (Å²) in [5.74, 6) is -0.292. The number of rotatable bonds is 4. The number of amides is 1. The van der Waals surface area contributed by atoms with Crippen LogP contribution < -0.4 is 5.32 Å². The van der Waals surface area contributed by atoms with Crippen LogP contribution in [0.1, 0.15) is 16.8 Å². The fraction of sp³-hybridized carbons (Fsp3) is 0.300. The zero-order valence-electron chi connectivity index (χ0n) is 7.90. The first-order valence-corrected chi connectivity index (χ1v) is 5.35. The van der Waals surface area contributed by atoms with E-state index in [4.69, 9.17) is 23.2 Å². The topological polar surface area (TPSA) is 29.1 Å². The Morgan fingerprint density at radius 1 is 1.47 bits per heavy atom. The summed E-state index contributed by atoms with van der Waals surface area (Å²) < 4.78 is 12.7. The van der Waals surface area contributed by atoms with Crippen LogP contribution in [0.15, 0.2) is 18.2 Å². The minimum absolute atomic E-state index is 0.110. The highest BCUT2D eigenvalue weighted by molar-refractivity contribution is 6.33. The van der Waals surface area contributed by atoms with E-state index in [9.17, 15) is 9.18 Å². The van der Waals surface area contributed by atoms with Crippen molar-refractivity contribution in [3.8, 4) is 0 Å². The molecule has 1 aromatic carbocycles. The highest BCUT2D eigenvalue weighted by atomic mass is 35.5. The van der Waals surface area contributed by atoms with Crippen molar-refractivity contribution in [1.29, 1.82) is 0 Å². The first-order valence-electron chi connectivity index (χ1n) is 4.44. The minimum Gasteiger partial charge on any atom is -0.352 e. The molecular weight excluding hydrogens is 240 g/mol. The summed E-state index contributed by atoms with van der Waals surface area (Å²) in [6, 6.07) is 3.66. The van der Waals surface area contributed by atoms with Crippen LogP contribution in [0.25, 0.3) is 0 Å². The van der Waals surface area contributed by atoms with Gasteiger partial charge in [0.15, 0.2) is 0 Å². The van der Waals surface area contributed by atoms with E-state index < -0.39 is 5.82 Å². The van der Waals surface area contributed by atoms with Gasteiger partial charge in [0, 0.05) is 12.4 Å². The second-order valence-corrected chi connectivity index (χ2v) is 3.71. The average Bonchev–Trinajstić information content (AvgIpc) is 2.17. The lowest BCUT2D eigenvalue weighted by atomic mass is 10.2. The van der Waals surface area contributed by atoms with Gasteiger partial charge in [-0.1, -0.05) is 11.6 Å². The second kappa shape index (κ2) is 5.93. The smallest absolute Gasteiger partial charge is 0.252 e.